The lowest BCUT2D eigenvalue weighted by Gasteiger charge is -2.35. The molecular formula is C29H36F3N5O4Si. The van der Waals surface area contributed by atoms with Crippen molar-refractivity contribution in [2.45, 2.75) is 51.9 Å². The van der Waals surface area contributed by atoms with Crippen LogP contribution in [-0.4, -0.2) is 67.3 Å². The standard InChI is InChI=1S/C29H36F3N5O4Si/c1-5-41-27(39)16-21-6-9-23(10-7-21)37-13-12-35(19-26(37)38)25-11-8-22(17-33-25)28-34-24(29(30,31)32)18-36(28)20-40-14-15-42(2,3)4/h6-11,17-18H,5,12-16,19-20H2,1-4H3. The molecule has 1 aromatic carbocycles. The molecule has 226 valence electrons. The summed E-state index contributed by atoms with van der Waals surface area (Å²) < 4.78 is 52.4. The van der Waals surface area contributed by atoms with Crippen LogP contribution in [0.2, 0.25) is 25.7 Å². The Bertz CT molecular complexity index is 1370. The average Bonchev–Trinajstić information content (AvgIpc) is 3.36. The fourth-order valence-corrected chi connectivity index (χ4v) is 5.20. The molecule has 1 saturated heterocycles. The molecule has 4 rings (SSSR count). The summed E-state index contributed by atoms with van der Waals surface area (Å²) in [6, 6.07) is 11.5. The number of hydrogen-bond acceptors (Lipinski definition) is 7. The lowest BCUT2D eigenvalue weighted by molar-refractivity contribution is -0.142. The van der Waals surface area contributed by atoms with Crippen molar-refractivity contribution >= 4 is 31.5 Å². The number of halogens is 3. The molecule has 2 aromatic heterocycles. The Morgan fingerprint density at radius 3 is 2.40 bits per heavy atom. The second-order valence-corrected chi connectivity index (χ2v) is 16.9. The zero-order chi connectivity index (χ0) is 30.5. The third-order valence-electron chi connectivity index (χ3n) is 6.75. The van der Waals surface area contributed by atoms with Gasteiger partial charge in [0.1, 0.15) is 18.4 Å². The van der Waals surface area contributed by atoms with Gasteiger partial charge in [-0.15, -0.1) is 0 Å². The van der Waals surface area contributed by atoms with Crippen molar-refractivity contribution in [1.82, 2.24) is 14.5 Å². The number of hydrogen-bond donors (Lipinski definition) is 0. The van der Waals surface area contributed by atoms with E-state index >= 15 is 0 Å². The number of rotatable bonds is 11. The zero-order valence-corrected chi connectivity index (χ0v) is 25.3. The molecule has 0 bridgehead atoms. The molecule has 1 aliphatic heterocycles. The molecule has 13 heteroatoms. The number of aromatic nitrogens is 3. The van der Waals surface area contributed by atoms with Crippen molar-refractivity contribution in [2.24, 2.45) is 0 Å². The maximum absolute atomic E-state index is 13.4. The van der Waals surface area contributed by atoms with Gasteiger partial charge in [-0.1, -0.05) is 31.8 Å². The van der Waals surface area contributed by atoms with Gasteiger partial charge in [0, 0.05) is 51.4 Å². The maximum Gasteiger partial charge on any atom is 0.434 e. The van der Waals surface area contributed by atoms with E-state index in [1.54, 1.807) is 48.2 Å². The smallest absolute Gasteiger partial charge is 0.434 e. The quantitative estimate of drug-likeness (QED) is 0.168. The van der Waals surface area contributed by atoms with Gasteiger partial charge in [0.05, 0.1) is 19.6 Å². The highest BCUT2D eigenvalue weighted by Gasteiger charge is 2.35. The molecule has 0 saturated carbocycles. The molecule has 3 heterocycles. The Labute approximate surface area is 244 Å². The molecule has 0 aliphatic carbocycles. The van der Waals surface area contributed by atoms with Crippen molar-refractivity contribution in [3.8, 4) is 11.4 Å². The highest BCUT2D eigenvalue weighted by molar-refractivity contribution is 6.76. The highest BCUT2D eigenvalue weighted by atomic mass is 28.3. The summed E-state index contributed by atoms with van der Waals surface area (Å²) in [5, 5.41) is 0. The van der Waals surface area contributed by atoms with E-state index in [4.69, 9.17) is 9.47 Å². The van der Waals surface area contributed by atoms with E-state index in [1.165, 1.54) is 10.8 Å². The summed E-state index contributed by atoms with van der Waals surface area (Å²) in [5.41, 5.74) is 0.950. The first-order valence-corrected chi connectivity index (χ1v) is 17.5. The van der Waals surface area contributed by atoms with Crippen LogP contribution in [0.5, 0.6) is 0 Å². The van der Waals surface area contributed by atoms with Gasteiger partial charge in [-0.3, -0.25) is 9.59 Å². The number of piperazine rings is 1. The predicted molar refractivity (Wildman–Crippen MR) is 156 cm³/mol. The van der Waals surface area contributed by atoms with E-state index in [2.05, 4.69) is 29.6 Å². The molecular weight excluding hydrogens is 567 g/mol. The van der Waals surface area contributed by atoms with E-state index in [1.807, 2.05) is 4.90 Å². The van der Waals surface area contributed by atoms with Gasteiger partial charge in [0.25, 0.3) is 0 Å². The number of nitrogens with zero attached hydrogens (tertiary/aromatic N) is 5. The van der Waals surface area contributed by atoms with Crippen molar-refractivity contribution in [3.05, 3.63) is 60.0 Å². The molecule has 3 aromatic rings. The highest BCUT2D eigenvalue weighted by Crippen LogP contribution is 2.31. The first kappa shape index (κ1) is 31.2. The molecule has 0 unspecified atom stereocenters. The summed E-state index contributed by atoms with van der Waals surface area (Å²) in [7, 11) is -1.35. The van der Waals surface area contributed by atoms with Crippen LogP contribution in [0.1, 0.15) is 18.2 Å². The molecule has 42 heavy (non-hydrogen) atoms. The van der Waals surface area contributed by atoms with Crippen molar-refractivity contribution in [1.29, 1.82) is 0 Å². The third-order valence-corrected chi connectivity index (χ3v) is 8.45. The molecule has 1 amide bonds. The number of pyridine rings is 1. The minimum atomic E-state index is -4.59. The Morgan fingerprint density at radius 2 is 1.81 bits per heavy atom. The fourth-order valence-electron chi connectivity index (χ4n) is 4.44. The second-order valence-electron chi connectivity index (χ2n) is 11.3. The number of alkyl halides is 3. The fraction of sp³-hybridized carbons (Fsp3) is 0.448. The second kappa shape index (κ2) is 13.1. The van der Waals surface area contributed by atoms with Gasteiger partial charge in [0.15, 0.2) is 5.69 Å². The van der Waals surface area contributed by atoms with Crippen LogP contribution in [-0.2, 0) is 38.4 Å². The average molecular weight is 604 g/mol. The number of anilines is 2. The van der Waals surface area contributed by atoms with E-state index in [9.17, 15) is 22.8 Å². The first-order valence-electron chi connectivity index (χ1n) is 13.8. The zero-order valence-electron chi connectivity index (χ0n) is 24.3. The van der Waals surface area contributed by atoms with E-state index < -0.39 is 19.9 Å². The van der Waals surface area contributed by atoms with E-state index in [0.717, 1.165) is 23.5 Å². The van der Waals surface area contributed by atoms with Crippen LogP contribution >= 0.6 is 0 Å². The lowest BCUT2D eigenvalue weighted by atomic mass is 10.1. The van der Waals surface area contributed by atoms with Crippen LogP contribution in [0.25, 0.3) is 11.4 Å². The number of carbonyl (C=O) groups is 2. The summed E-state index contributed by atoms with van der Waals surface area (Å²) >= 11 is 0. The van der Waals surface area contributed by atoms with E-state index in [0.29, 0.717) is 37.7 Å². The van der Waals surface area contributed by atoms with Crippen LogP contribution in [0, 0.1) is 0 Å². The summed E-state index contributed by atoms with van der Waals surface area (Å²) in [4.78, 5) is 36.5. The summed E-state index contributed by atoms with van der Waals surface area (Å²) in [6.07, 6.45) is -2.00. The maximum atomic E-state index is 13.4. The van der Waals surface area contributed by atoms with Crippen molar-refractivity contribution in [2.75, 3.05) is 42.6 Å². The monoisotopic (exact) mass is 603 g/mol. The number of esters is 1. The largest absolute Gasteiger partial charge is 0.466 e. The molecule has 0 radical (unpaired) electrons. The van der Waals surface area contributed by atoms with E-state index in [-0.39, 0.29) is 37.4 Å². The van der Waals surface area contributed by atoms with Crippen LogP contribution in [0.3, 0.4) is 0 Å². The first-order chi connectivity index (χ1) is 19.8. The molecule has 0 spiro atoms. The number of amides is 1. The van der Waals surface area contributed by atoms with Gasteiger partial charge in [-0.2, -0.15) is 13.2 Å². The minimum absolute atomic E-state index is 0.0507. The lowest BCUT2D eigenvalue weighted by Crippen LogP contribution is -2.50. The van der Waals surface area contributed by atoms with Gasteiger partial charge < -0.3 is 23.8 Å². The molecule has 0 atom stereocenters. The number of benzene rings is 1. The van der Waals surface area contributed by atoms with Crippen molar-refractivity contribution < 1.29 is 32.2 Å². The third kappa shape index (κ3) is 8.19. The Balaban J connectivity index is 1.41. The van der Waals surface area contributed by atoms with Gasteiger partial charge in [0.2, 0.25) is 5.91 Å². The van der Waals surface area contributed by atoms with Crippen LogP contribution < -0.4 is 9.80 Å². The number of carbonyl (C=O) groups excluding carboxylic acids is 2. The van der Waals surface area contributed by atoms with Gasteiger partial charge in [-0.05, 0) is 42.8 Å². The van der Waals surface area contributed by atoms with Gasteiger partial charge >= 0.3 is 12.1 Å². The summed E-state index contributed by atoms with van der Waals surface area (Å²) in [5.74, 6) is 0.230. The number of imidazole rings is 1. The molecule has 9 nitrogen and oxygen atoms in total. The van der Waals surface area contributed by atoms with Gasteiger partial charge in [-0.25, -0.2) is 9.97 Å². The van der Waals surface area contributed by atoms with Crippen LogP contribution in [0.4, 0.5) is 24.7 Å². The Kier molecular flexibility index (Phi) is 9.72. The van der Waals surface area contributed by atoms with Crippen molar-refractivity contribution in [3.63, 3.8) is 0 Å². The molecule has 1 fully saturated rings. The predicted octanol–water partition coefficient (Wildman–Crippen LogP) is 5.24. The topological polar surface area (TPSA) is 89.8 Å². The molecule has 0 N–H and O–H groups in total. The minimum Gasteiger partial charge on any atom is -0.466 e. The molecule has 1 aliphatic rings. The Morgan fingerprint density at radius 1 is 1.07 bits per heavy atom. The summed E-state index contributed by atoms with van der Waals surface area (Å²) in [6.45, 7) is 10.1. The number of ether oxygens (including phenoxy) is 2. The Hall–Kier alpha value is -3.71. The SMILES string of the molecule is CCOC(=O)Cc1ccc(N2CCN(c3ccc(-c4nc(C(F)(F)F)cn4COCC[Si](C)(C)C)cn3)CC2=O)cc1. The normalized spacial score (nSPS) is 14.4. The van der Waals surface area contributed by atoms with Crippen LogP contribution in [0.15, 0.2) is 48.8 Å².